The molecule has 0 aliphatic carbocycles. The lowest BCUT2D eigenvalue weighted by molar-refractivity contribution is -0.116. The van der Waals surface area contributed by atoms with Gasteiger partial charge in [-0.3, -0.25) is 19.3 Å². The maximum atomic E-state index is 12.4. The van der Waals surface area contributed by atoms with E-state index in [9.17, 15) is 14.4 Å². The summed E-state index contributed by atoms with van der Waals surface area (Å²) in [6.07, 6.45) is 8.76. The minimum Gasteiger partial charge on any atom is -0.302 e. The molecule has 2 heterocycles. The van der Waals surface area contributed by atoms with Crippen molar-refractivity contribution in [1.29, 1.82) is 0 Å². The van der Waals surface area contributed by atoms with E-state index in [-0.39, 0.29) is 17.7 Å². The number of rotatable bonds is 13. The van der Waals surface area contributed by atoms with Crippen LogP contribution in [0.4, 0.5) is 5.13 Å². The van der Waals surface area contributed by atoms with Gasteiger partial charge in [0, 0.05) is 23.9 Å². The minimum atomic E-state index is -0.166. The van der Waals surface area contributed by atoms with Crippen molar-refractivity contribution < 1.29 is 14.4 Å². The SMILES string of the molecule is O=C(CCCCCCCCCCN1C(=O)c2ccccc2C1=O)Nc1nc(-c2ccccc2)cs1. The predicted molar refractivity (Wildman–Crippen MR) is 140 cm³/mol. The van der Waals surface area contributed by atoms with E-state index >= 15 is 0 Å². The van der Waals surface area contributed by atoms with E-state index in [1.54, 1.807) is 24.3 Å². The molecule has 0 atom stereocenters. The number of nitrogens with zero attached hydrogens (tertiary/aromatic N) is 2. The van der Waals surface area contributed by atoms with Gasteiger partial charge in [-0.1, -0.05) is 81.0 Å². The van der Waals surface area contributed by atoms with Gasteiger partial charge in [0.25, 0.3) is 11.8 Å². The molecule has 0 radical (unpaired) electrons. The molecule has 0 spiro atoms. The third-order valence-corrected chi connectivity index (χ3v) is 6.99. The Morgan fingerprint density at radius 1 is 0.771 bits per heavy atom. The molecule has 1 N–H and O–H groups in total. The average Bonchev–Trinajstić information content (AvgIpc) is 3.44. The Hall–Kier alpha value is -3.32. The largest absolute Gasteiger partial charge is 0.302 e. The van der Waals surface area contributed by atoms with Crippen molar-refractivity contribution in [2.45, 2.75) is 57.8 Å². The van der Waals surface area contributed by atoms with E-state index in [0.717, 1.165) is 62.6 Å². The second-order valence-corrected chi connectivity index (χ2v) is 9.70. The molecule has 7 heteroatoms. The number of fused-ring (bicyclic) bond motifs is 1. The molecular formula is C28H31N3O3S. The van der Waals surface area contributed by atoms with Crippen molar-refractivity contribution in [3.63, 3.8) is 0 Å². The number of anilines is 1. The summed E-state index contributed by atoms with van der Waals surface area (Å²) in [6, 6.07) is 17.0. The normalized spacial score (nSPS) is 12.7. The number of unbranched alkanes of at least 4 members (excludes halogenated alkanes) is 7. The van der Waals surface area contributed by atoms with Crippen molar-refractivity contribution in [3.05, 3.63) is 71.1 Å². The molecule has 1 aliphatic heterocycles. The number of benzene rings is 2. The van der Waals surface area contributed by atoms with E-state index in [1.807, 2.05) is 35.7 Å². The van der Waals surface area contributed by atoms with Gasteiger partial charge in [-0.05, 0) is 25.0 Å². The van der Waals surface area contributed by atoms with Crippen LogP contribution in [-0.4, -0.2) is 34.2 Å². The van der Waals surface area contributed by atoms with Gasteiger partial charge in [0.2, 0.25) is 5.91 Å². The van der Waals surface area contributed by atoms with E-state index in [4.69, 9.17) is 0 Å². The second-order valence-electron chi connectivity index (χ2n) is 8.84. The fourth-order valence-corrected chi connectivity index (χ4v) is 5.05. The smallest absolute Gasteiger partial charge is 0.261 e. The molecule has 6 nitrogen and oxygen atoms in total. The molecule has 3 amide bonds. The Balaban J connectivity index is 1.02. The number of carbonyl (C=O) groups is 3. The van der Waals surface area contributed by atoms with Crippen LogP contribution in [0.1, 0.15) is 78.5 Å². The fourth-order valence-electron chi connectivity index (χ4n) is 4.31. The Morgan fingerprint density at radius 2 is 1.34 bits per heavy atom. The maximum absolute atomic E-state index is 12.4. The standard InChI is InChI=1S/C28H31N3O3S/c32-25(30-28-29-24(20-35-28)21-14-8-7-9-15-21)18-10-5-3-1-2-4-6-13-19-31-26(33)22-16-11-12-17-23(22)27(31)34/h7-9,11-12,14-17,20H,1-6,10,13,18-19H2,(H,29,30,32). The molecular weight excluding hydrogens is 458 g/mol. The lowest BCUT2D eigenvalue weighted by Crippen LogP contribution is -2.30. The van der Waals surface area contributed by atoms with Crippen LogP contribution in [0.2, 0.25) is 0 Å². The highest BCUT2D eigenvalue weighted by Gasteiger charge is 2.34. The molecule has 2 aromatic carbocycles. The number of amides is 3. The average molecular weight is 490 g/mol. The Morgan fingerprint density at radius 3 is 2.00 bits per heavy atom. The van der Waals surface area contributed by atoms with Gasteiger partial charge >= 0.3 is 0 Å². The van der Waals surface area contributed by atoms with Crippen molar-refractivity contribution in [2.75, 3.05) is 11.9 Å². The van der Waals surface area contributed by atoms with Crippen LogP contribution in [0.15, 0.2) is 60.0 Å². The van der Waals surface area contributed by atoms with Gasteiger partial charge in [-0.2, -0.15) is 0 Å². The molecule has 3 aromatic rings. The van der Waals surface area contributed by atoms with Crippen molar-refractivity contribution in [3.8, 4) is 11.3 Å². The molecule has 0 bridgehead atoms. The first kappa shape index (κ1) is 24.8. The number of hydrogen-bond acceptors (Lipinski definition) is 5. The molecule has 182 valence electrons. The third kappa shape index (κ3) is 6.63. The molecule has 0 fully saturated rings. The van der Waals surface area contributed by atoms with Gasteiger partial charge in [0.1, 0.15) is 0 Å². The first-order valence-corrected chi connectivity index (χ1v) is 13.3. The van der Waals surface area contributed by atoms with E-state index in [0.29, 0.717) is 29.2 Å². The molecule has 4 rings (SSSR count). The summed E-state index contributed by atoms with van der Waals surface area (Å²) >= 11 is 1.45. The van der Waals surface area contributed by atoms with Crippen LogP contribution in [-0.2, 0) is 4.79 Å². The van der Waals surface area contributed by atoms with Crippen LogP contribution in [0.25, 0.3) is 11.3 Å². The summed E-state index contributed by atoms with van der Waals surface area (Å²) < 4.78 is 0. The number of carbonyl (C=O) groups excluding carboxylic acids is 3. The third-order valence-electron chi connectivity index (χ3n) is 6.23. The van der Waals surface area contributed by atoms with Crippen molar-refractivity contribution in [1.82, 2.24) is 9.88 Å². The molecule has 0 saturated carbocycles. The van der Waals surface area contributed by atoms with Crippen LogP contribution < -0.4 is 5.32 Å². The number of nitrogens with one attached hydrogen (secondary N) is 1. The summed E-state index contributed by atoms with van der Waals surface area (Å²) in [5.41, 5.74) is 2.98. The monoisotopic (exact) mass is 489 g/mol. The lowest BCUT2D eigenvalue weighted by atomic mass is 10.1. The van der Waals surface area contributed by atoms with Crippen LogP contribution in [0.3, 0.4) is 0 Å². The predicted octanol–water partition coefficient (Wildman–Crippen LogP) is 6.56. The highest BCUT2D eigenvalue weighted by atomic mass is 32.1. The number of thiazole rings is 1. The van der Waals surface area contributed by atoms with Gasteiger partial charge < -0.3 is 5.32 Å². The number of aromatic nitrogens is 1. The zero-order chi connectivity index (χ0) is 24.5. The summed E-state index contributed by atoms with van der Waals surface area (Å²) in [5, 5.41) is 5.52. The molecule has 0 saturated heterocycles. The topological polar surface area (TPSA) is 79.4 Å². The minimum absolute atomic E-state index is 0.0205. The van der Waals surface area contributed by atoms with E-state index in [1.165, 1.54) is 16.2 Å². The first-order chi connectivity index (χ1) is 17.1. The first-order valence-electron chi connectivity index (χ1n) is 12.4. The van der Waals surface area contributed by atoms with Gasteiger partial charge in [0.05, 0.1) is 16.8 Å². The number of imide groups is 1. The molecule has 1 aromatic heterocycles. The highest BCUT2D eigenvalue weighted by Crippen LogP contribution is 2.25. The van der Waals surface area contributed by atoms with Crippen LogP contribution in [0.5, 0.6) is 0 Å². The quantitative estimate of drug-likeness (QED) is 0.218. The van der Waals surface area contributed by atoms with Crippen molar-refractivity contribution >= 4 is 34.2 Å². The maximum Gasteiger partial charge on any atom is 0.261 e. The van der Waals surface area contributed by atoms with Crippen LogP contribution >= 0.6 is 11.3 Å². The zero-order valence-corrected chi connectivity index (χ0v) is 20.7. The Labute approximate surface area is 210 Å². The van der Waals surface area contributed by atoms with Gasteiger partial charge in [-0.25, -0.2) is 4.98 Å². The Bertz CT molecular complexity index is 1120. The highest BCUT2D eigenvalue weighted by molar-refractivity contribution is 7.14. The number of hydrogen-bond donors (Lipinski definition) is 1. The lowest BCUT2D eigenvalue weighted by Gasteiger charge is -2.13. The molecule has 35 heavy (non-hydrogen) atoms. The van der Waals surface area contributed by atoms with E-state index < -0.39 is 0 Å². The second kappa shape index (κ2) is 12.4. The zero-order valence-electron chi connectivity index (χ0n) is 19.9. The molecule has 1 aliphatic rings. The summed E-state index contributed by atoms with van der Waals surface area (Å²) in [6.45, 7) is 0.493. The fraction of sp³-hybridized carbons (Fsp3) is 0.357. The van der Waals surface area contributed by atoms with Crippen molar-refractivity contribution in [2.24, 2.45) is 0 Å². The van der Waals surface area contributed by atoms with E-state index in [2.05, 4.69) is 10.3 Å². The molecule has 0 unspecified atom stereocenters. The van der Waals surface area contributed by atoms with Gasteiger partial charge in [-0.15, -0.1) is 11.3 Å². The summed E-state index contributed by atoms with van der Waals surface area (Å²) in [5.74, 6) is -0.311. The Kier molecular flexibility index (Phi) is 8.79. The summed E-state index contributed by atoms with van der Waals surface area (Å²) in [4.78, 5) is 42.8. The van der Waals surface area contributed by atoms with Gasteiger partial charge in [0.15, 0.2) is 5.13 Å². The van der Waals surface area contributed by atoms with Crippen LogP contribution in [0, 0.1) is 0 Å². The summed E-state index contributed by atoms with van der Waals surface area (Å²) in [7, 11) is 0.